The quantitative estimate of drug-likeness (QED) is 0.792. The summed E-state index contributed by atoms with van der Waals surface area (Å²) in [5.41, 5.74) is 0. The van der Waals surface area contributed by atoms with E-state index in [1.54, 1.807) is 0 Å². The molecule has 0 bridgehead atoms. The summed E-state index contributed by atoms with van der Waals surface area (Å²) >= 11 is 0. The lowest BCUT2D eigenvalue weighted by Gasteiger charge is -2.34. The normalized spacial score (nSPS) is 19.3. The number of amides is 2. The zero-order valence-electron chi connectivity index (χ0n) is 17.1. The molecule has 1 aromatic heterocycles. The molecule has 0 radical (unpaired) electrons. The van der Waals surface area contributed by atoms with Gasteiger partial charge in [0.25, 0.3) is 0 Å². The van der Waals surface area contributed by atoms with Gasteiger partial charge in [0.2, 0.25) is 11.8 Å². The maximum absolute atomic E-state index is 12.5. The average molecular weight is 376 g/mol. The van der Waals surface area contributed by atoms with Crippen molar-refractivity contribution < 1.29 is 9.59 Å². The maximum Gasteiger partial charge on any atom is 0.225 e. The molecule has 0 N–H and O–H groups in total. The second-order valence-electron chi connectivity index (χ2n) is 8.45. The van der Waals surface area contributed by atoms with Crippen LogP contribution in [0.25, 0.3) is 0 Å². The highest BCUT2D eigenvalue weighted by Crippen LogP contribution is 2.29. The van der Waals surface area contributed by atoms with Gasteiger partial charge in [-0.3, -0.25) is 9.59 Å². The minimum absolute atomic E-state index is 0.0617. The van der Waals surface area contributed by atoms with Gasteiger partial charge >= 0.3 is 0 Å². The summed E-state index contributed by atoms with van der Waals surface area (Å²) in [7, 11) is 0. The zero-order chi connectivity index (χ0) is 19.6. The molecular formula is C20H33N5O2. The van der Waals surface area contributed by atoms with E-state index in [1.807, 2.05) is 23.6 Å². The topological polar surface area (TPSA) is 71.3 Å². The fourth-order valence-electron chi connectivity index (χ4n) is 4.02. The van der Waals surface area contributed by atoms with Gasteiger partial charge in [0.15, 0.2) is 5.82 Å². The lowest BCUT2D eigenvalue weighted by Crippen LogP contribution is -2.42. The van der Waals surface area contributed by atoms with E-state index < -0.39 is 0 Å². The van der Waals surface area contributed by atoms with Crippen LogP contribution in [0.5, 0.6) is 0 Å². The molecular weight excluding hydrogens is 342 g/mol. The summed E-state index contributed by atoms with van der Waals surface area (Å²) in [5.74, 6) is 3.23. The van der Waals surface area contributed by atoms with E-state index in [1.165, 1.54) is 0 Å². The molecule has 7 nitrogen and oxygen atoms in total. The monoisotopic (exact) mass is 375 g/mol. The number of carbonyl (C=O) groups is 2. The van der Waals surface area contributed by atoms with Crippen LogP contribution in [-0.2, 0) is 22.7 Å². The van der Waals surface area contributed by atoms with Crippen LogP contribution in [0.3, 0.4) is 0 Å². The van der Waals surface area contributed by atoms with E-state index in [0.29, 0.717) is 24.8 Å². The molecule has 0 aliphatic carbocycles. The van der Waals surface area contributed by atoms with Crippen molar-refractivity contribution in [3.05, 3.63) is 11.6 Å². The number of rotatable bonds is 5. The van der Waals surface area contributed by atoms with Gasteiger partial charge in [0.05, 0.1) is 6.54 Å². The number of carbonyl (C=O) groups excluding carboxylic acids is 2. The summed E-state index contributed by atoms with van der Waals surface area (Å²) in [5, 5.41) is 8.85. The molecule has 1 fully saturated rings. The van der Waals surface area contributed by atoms with Gasteiger partial charge in [0, 0.05) is 44.4 Å². The molecule has 1 saturated heterocycles. The molecule has 0 spiro atoms. The minimum Gasteiger partial charge on any atom is -0.343 e. The molecule has 0 saturated carbocycles. The van der Waals surface area contributed by atoms with Crippen molar-refractivity contribution in [3.63, 3.8) is 0 Å². The van der Waals surface area contributed by atoms with Crippen molar-refractivity contribution in [2.75, 3.05) is 19.6 Å². The van der Waals surface area contributed by atoms with E-state index in [2.05, 4.69) is 28.6 Å². The summed E-state index contributed by atoms with van der Waals surface area (Å²) in [4.78, 5) is 28.6. The third-order valence-corrected chi connectivity index (χ3v) is 5.92. The Morgan fingerprint density at radius 2 is 1.74 bits per heavy atom. The first-order valence-corrected chi connectivity index (χ1v) is 10.4. The van der Waals surface area contributed by atoms with Crippen LogP contribution in [0, 0.1) is 11.8 Å². The molecule has 27 heavy (non-hydrogen) atoms. The average Bonchev–Trinajstić information content (AvgIpc) is 3.09. The van der Waals surface area contributed by atoms with Crippen LogP contribution < -0.4 is 0 Å². The van der Waals surface area contributed by atoms with Crippen molar-refractivity contribution in [3.8, 4) is 0 Å². The fraction of sp³-hybridized carbons (Fsp3) is 0.800. The summed E-state index contributed by atoms with van der Waals surface area (Å²) < 4.78 is 2.21. The molecule has 2 amide bonds. The van der Waals surface area contributed by atoms with Crippen molar-refractivity contribution in [1.29, 1.82) is 0 Å². The van der Waals surface area contributed by atoms with E-state index in [0.717, 1.165) is 57.1 Å². The van der Waals surface area contributed by atoms with E-state index in [9.17, 15) is 9.59 Å². The van der Waals surface area contributed by atoms with Crippen LogP contribution in [-0.4, -0.2) is 56.0 Å². The van der Waals surface area contributed by atoms with Gasteiger partial charge in [-0.15, -0.1) is 10.2 Å². The van der Waals surface area contributed by atoms with Crippen molar-refractivity contribution in [2.24, 2.45) is 11.8 Å². The van der Waals surface area contributed by atoms with Gasteiger partial charge in [-0.25, -0.2) is 0 Å². The molecule has 1 aromatic rings. The lowest BCUT2D eigenvalue weighted by atomic mass is 9.95. The Bertz CT molecular complexity index is 676. The highest BCUT2D eigenvalue weighted by Gasteiger charge is 2.31. The highest BCUT2D eigenvalue weighted by molar-refractivity contribution is 5.78. The van der Waals surface area contributed by atoms with Crippen LogP contribution in [0.2, 0.25) is 0 Å². The van der Waals surface area contributed by atoms with E-state index in [-0.39, 0.29) is 17.7 Å². The van der Waals surface area contributed by atoms with Gasteiger partial charge in [-0.05, 0) is 25.2 Å². The minimum atomic E-state index is 0.0617. The molecule has 2 aliphatic rings. The predicted molar refractivity (Wildman–Crippen MR) is 103 cm³/mol. The largest absolute Gasteiger partial charge is 0.343 e. The van der Waals surface area contributed by atoms with Crippen molar-refractivity contribution in [2.45, 2.75) is 72.4 Å². The first-order chi connectivity index (χ1) is 12.9. The van der Waals surface area contributed by atoms with Crippen LogP contribution in [0.4, 0.5) is 0 Å². The van der Waals surface area contributed by atoms with Gasteiger partial charge in [0.1, 0.15) is 5.82 Å². The van der Waals surface area contributed by atoms with Gasteiger partial charge in [-0.2, -0.15) is 0 Å². The van der Waals surface area contributed by atoms with Gasteiger partial charge in [-0.1, -0.05) is 27.7 Å². The van der Waals surface area contributed by atoms with E-state index >= 15 is 0 Å². The maximum atomic E-state index is 12.5. The fourth-order valence-corrected chi connectivity index (χ4v) is 4.02. The SMILES string of the molecule is CCC(C)C(=O)N1CCn2c(nnc2C2CCN(C(=O)CC(C)C)CC2)C1. The first kappa shape index (κ1) is 19.8. The second-order valence-corrected chi connectivity index (χ2v) is 8.45. The Morgan fingerprint density at radius 3 is 2.37 bits per heavy atom. The zero-order valence-corrected chi connectivity index (χ0v) is 17.1. The van der Waals surface area contributed by atoms with Crippen LogP contribution >= 0.6 is 0 Å². The Morgan fingerprint density at radius 1 is 1.04 bits per heavy atom. The number of likely N-dealkylation sites (tertiary alicyclic amines) is 1. The standard InChI is InChI=1S/C20H33N5O2/c1-5-15(4)20(27)24-10-11-25-17(13-24)21-22-19(25)16-6-8-23(9-7-16)18(26)12-14(2)3/h14-16H,5-13H2,1-4H3. The number of hydrogen-bond acceptors (Lipinski definition) is 4. The summed E-state index contributed by atoms with van der Waals surface area (Å²) in [6, 6.07) is 0. The van der Waals surface area contributed by atoms with Crippen LogP contribution in [0.15, 0.2) is 0 Å². The Balaban J connectivity index is 1.61. The number of piperidine rings is 1. The molecule has 2 aliphatic heterocycles. The molecule has 3 rings (SSSR count). The molecule has 1 unspecified atom stereocenters. The third kappa shape index (κ3) is 4.33. The number of nitrogens with zero attached hydrogens (tertiary/aromatic N) is 5. The second kappa shape index (κ2) is 8.40. The molecule has 1 atom stereocenters. The number of fused-ring (bicyclic) bond motifs is 1. The Kier molecular flexibility index (Phi) is 6.17. The summed E-state index contributed by atoms with van der Waals surface area (Å²) in [6.07, 6.45) is 3.38. The molecule has 7 heteroatoms. The summed E-state index contributed by atoms with van der Waals surface area (Å²) in [6.45, 7) is 11.9. The van der Waals surface area contributed by atoms with Crippen molar-refractivity contribution >= 4 is 11.8 Å². The Labute approximate surface area is 162 Å². The first-order valence-electron chi connectivity index (χ1n) is 10.4. The van der Waals surface area contributed by atoms with E-state index in [4.69, 9.17) is 0 Å². The molecule has 3 heterocycles. The van der Waals surface area contributed by atoms with Crippen molar-refractivity contribution in [1.82, 2.24) is 24.6 Å². The van der Waals surface area contributed by atoms with Crippen LogP contribution in [0.1, 0.15) is 70.9 Å². The smallest absolute Gasteiger partial charge is 0.225 e. The Hall–Kier alpha value is -1.92. The van der Waals surface area contributed by atoms with Gasteiger partial charge < -0.3 is 14.4 Å². The molecule has 150 valence electrons. The number of aromatic nitrogens is 3. The molecule has 0 aromatic carbocycles. The highest BCUT2D eigenvalue weighted by atomic mass is 16.2. The third-order valence-electron chi connectivity index (χ3n) is 5.92. The lowest BCUT2D eigenvalue weighted by molar-refractivity contribution is -0.136. The predicted octanol–water partition coefficient (Wildman–Crippen LogP) is 2.42. The number of hydrogen-bond donors (Lipinski definition) is 0.